The number of nitrogens with two attached hydrogens (primary N) is 1. The third-order valence-electron chi connectivity index (χ3n) is 3.59. The van der Waals surface area contributed by atoms with Crippen molar-refractivity contribution in [2.24, 2.45) is 5.73 Å². The van der Waals surface area contributed by atoms with Gasteiger partial charge in [0.2, 0.25) is 0 Å². The maximum Gasteiger partial charge on any atom is 0.343 e. The van der Waals surface area contributed by atoms with E-state index in [4.69, 9.17) is 20.4 Å². The number of aryl methyl sites for hydroxylation is 1. The molecule has 0 atom stereocenters. The van der Waals surface area contributed by atoms with Crippen molar-refractivity contribution >= 4 is 32.7 Å². The molecular weight excluding hydrogens is 380 g/mol. The van der Waals surface area contributed by atoms with Crippen LogP contribution in [0.5, 0.6) is 5.75 Å². The van der Waals surface area contributed by atoms with Gasteiger partial charge in [-0.1, -0.05) is 35.9 Å². The lowest BCUT2D eigenvalue weighted by atomic mass is 10.1. The van der Waals surface area contributed by atoms with Crippen molar-refractivity contribution in [1.29, 1.82) is 5.41 Å². The number of carbonyl (C=O) groups excluding carboxylic acids is 1. The second-order valence-corrected chi connectivity index (χ2v) is 7.60. The number of amidine groups is 1. The Morgan fingerprint density at radius 2 is 1.61 bits per heavy atom. The molecule has 28 heavy (non-hydrogen) atoms. The van der Waals surface area contributed by atoms with Crippen LogP contribution in [-0.4, -0.2) is 31.0 Å². The smallest absolute Gasteiger partial charge is 0.343 e. The van der Waals surface area contributed by atoms with E-state index in [2.05, 4.69) is 0 Å². The van der Waals surface area contributed by atoms with Crippen LogP contribution in [0.15, 0.2) is 60.7 Å². The van der Waals surface area contributed by atoms with Crippen molar-refractivity contribution in [1.82, 2.24) is 0 Å². The molecule has 0 aliphatic rings. The lowest BCUT2D eigenvalue weighted by molar-refractivity contribution is 0.0735. The van der Waals surface area contributed by atoms with Gasteiger partial charge < -0.3 is 10.5 Å². The summed E-state index contributed by atoms with van der Waals surface area (Å²) in [6.45, 7) is 1.93. The van der Waals surface area contributed by atoms with E-state index in [0.29, 0.717) is 23.1 Å². The van der Waals surface area contributed by atoms with Gasteiger partial charge in [-0.2, -0.15) is 8.42 Å². The lowest BCUT2D eigenvalue weighted by Crippen LogP contribution is -2.10. The van der Waals surface area contributed by atoms with Crippen LogP contribution in [0, 0.1) is 12.3 Å². The largest absolute Gasteiger partial charge is 0.423 e. The van der Waals surface area contributed by atoms with Crippen LogP contribution in [0.1, 0.15) is 21.5 Å². The Morgan fingerprint density at radius 1 is 1.00 bits per heavy atom. The minimum absolute atomic E-state index is 0.0295. The average Bonchev–Trinajstić information content (AvgIpc) is 2.59. The SMILES string of the molecule is CS(=O)(=O)O.Cc1cccc(C(=O)Oc2ccc3cc(C(=N)N)ccc3c2)c1. The Bertz CT molecular complexity index is 1130. The number of hydrogen-bond acceptors (Lipinski definition) is 5. The Kier molecular flexibility index (Phi) is 6.50. The molecule has 4 N–H and O–H groups in total. The summed E-state index contributed by atoms with van der Waals surface area (Å²) in [4.78, 5) is 12.2. The maximum atomic E-state index is 12.2. The number of fused-ring (bicyclic) bond motifs is 1. The molecule has 0 aromatic heterocycles. The van der Waals surface area contributed by atoms with Gasteiger partial charge in [-0.05, 0) is 48.0 Å². The standard InChI is InChI=1S/C19H16N2O2.CH4O3S/c1-12-3-2-4-16(9-12)19(22)23-17-8-7-13-10-15(18(20)21)6-5-14(13)11-17;1-5(2,3)4/h2-11H,1H3,(H3,20,21);1H3,(H,2,3,4). The van der Waals surface area contributed by atoms with Crippen LogP contribution in [0.25, 0.3) is 10.8 Å². The van der Waals surface area contributed by atoms with E-state index in [1.54, 1.807) is 30.3 Å². The molecular formula is C20H20N2O5S. The molecule has 7 nitrogen and oxygen atoms in total. The number of benzene rings is 3. The van der Waals surface area contributed by atoms with Crippen molar-refractivity contribution in [2.45, 2.75) is 6.92 Å². The summed E-state index contributed by atoms with van der Waals surface area (Å²) in [5.74, 6) is 0.134. The highest BCUT2D eigenvalue weighted by Gasteiger charge is 2.09. The van der Waals surface area contributed by atoms with Gasteiger partial charge >= 0.3 is 5.97 Å². The summed E-state index contributed by atoms with van der Waals surface area (Å²) in [6, 6.07) is 18.1. The van der Waals surface area contributed by atoms with Crippen molar-refractivity contribution in [2.75, 3.05) is 6.26 Å². The molecule has 0 fully saturated rings. The highest BCUT2D eigenvalue weighted by atomic mass is 32.2. The van der Waals surface area contributed by atoms with E-state index in [-0.39, 0.29) is 11.8 Å². The van der Waals surface area contributed by atoms with Gasteiger partial charge in [-0.3, -0.25) is 9.96 Å². The number of carbonyl (C=O) groups is 1. The van der Waals surface area contributed by atoms with Crippen LogP contribution >= 0.6 is 0 Å². The summed E-state index contributed by atoms with van der Waals surface area (Å²) in [6.07, 6.45) is 0.715. The molecule has 146 valence electrons. The zero-order chi connectivity index (χ0) is 20.9. The number of hydrogen-bond donors (Lipinski definition) is 3. The molecule has 3 rings (SSSR count). The van der Waals surface area contributed by atoms with E-state index in [1.807, 2.05) is 37.3 Å². The molecule has 3 aromatic carbocycles. The molecule has 0 saturated heterocycles. The van der Waals surface area contributed by atoms with E-state index in [0.717, 1.165) is 16.3 Å². The number of nitrogens with one attached hydrogen (secondary N) is 1. The maximum absolute atomic E-state index is 12.2. The average molecular weight is 400 g/mol. The van der Waals surface area contributed by atoms with Crippen molar-refractivity contribution in [3.05, 3.63) is 77.4 Å². The Morgan fingerprint density at radius 3 is 2.21 bits per heavy atom. The van der Waals surface area contributed by atoms with Crippen LogP contribution in [0.4, 0.5) is 0 Å². The van der Waals surface area contributed by atoms with Crippen LogP contribution in [-0.2, 0) is 10.1 Å². The van der Waals surface area contributed by atoms with Crippen molar-refractivity contribution in [3.63, 3.8) is 0 Å². The molecule has 0 bridgehead atoms. The first kappa shape index (κ1) is 21.1. The highest BCUT2D eigenvalue weighted by molar-refractivity contribution is 7.85. The van der Waals surface area contributed by atoms with Crippen molar-refractivity contribution in [3.8, 4) is 5.75 Å². The van der Waals surface area contributed by atoms with Gasteiger partial charge in [0, 0.05) is 5.56 Å². The molecule has 0 heterocycles. The monoisotopic (exact) mass is 400 g/mol. The molecule has 8 heteroatoms. The van der Waals surface area contributed by atoms with E-state index >= 15 is 0 Å². The van der Waals surface area contributed by atoms with Gasteiger partial charge in [0.15, 0.2) is 0 Å². The molecule has 0 radical (unpaired) electrons. The van der Waals surface area contributed by atoms with Crippen LogP contribution < -0.4 is 10.5 Å². The number of esters is 1. The number of rotatable bonds is 3. The van der Waals surface area contributed by atoms with Crippen LogP contribution in [0.2, 0.25) is 0 Å². The zero-order valence-corrected chi connectivity index (χ0v) is 16.2. The van der Waals surface area contributed by atoms with Gasteiger partial charge in [-0.25, -0.2) is 4.79 Å². The zero-order valence-electron chi connectivity index (χ0n) is 15.3. The molecule has 0 amide bonds. The summed E-state index contributed by atoms with van der Waals surface area (Å²) in [5, 5.41) is 9.33. The third kappa shape index (κ3) is 6.49. The van der Waals surface area contributed by atoms with Gasteiger partial charge in [0.05, 0.1) is 11.8 Å². The Hall–Kier alpha value is -3.23. The Labute approximate surface area is 163 Å². The fourth-order valence-corrected chi connectivity index (χ4v) is 2.39. The molecule has 0 spiro atoms. The summed E-state index contributed by atoms with van der Waals surface area (Å²) >= 11 is 0. The minimum atomic E-state index is -3.67. The summed E-state index contributed by atoms with van der Waals surface area (Å²) in [5.41, 5.74) is 7.69. The lowest BCUT2D eigenvalue weighted by Gasteiger charge is -2.07. The molecule has 0 aliphatic carbocycles. The predicted octanol–water partition coefficient (Wildman–Crippen LogP) is 3.16. The van der Waals surface area contributed by atoms with E-state index in [1.165, 1.54) is 0 Å². The van der Waals surface area contributed by atoms with E-state index in [9.17, 15) is 13.2 Å². The summed E-state index contributed by atoms with van der Waals surface area (Å²) < 4.78 is 31.3. The van der Waals surface area contributed by atoms with E-state index < -0.39 is 10.1 Å². The van der Waals surface area contributed by atoms with Gasteiger partial charge in [0.25, 0.3) is 10.1 Å². The first-order chi connectivity index (χ1) is 13.0. The molecule has 0 unspecified atom stereocenters. The topological polar surface area (TPSA) is 131 Å². The number of nitrogen functional groups attached to an aromatic ring is 1. The number of ether oxygens (including phenoxy) is 1. The fraction of sp³-hybridized carbons (Fsp3) is 0.100. The Balaban J connectivity index is 0.000000500. The fourth-order valence-electron chi connectivity index (χ4n) is 2.39. The third-order valence-corrected chi connectivity index (χ3v) is 3.59. The van der Waals surface area contributed by atoms with Gasteiger partial charge in [0.1, 0.15) is 11.6 Å². The first-order valence-electron chi connectivity index (χ1n) is 8.12. The molecule has 0 aliphatic heterocycles. The second kappa shape index (κ2) is 8.64. The predicted molar refractivity (Wildman–Crippen MR) is 109 cm³/mol. The highest BCUT2D eigenvalue weighted by Crippen LogP contribution is 2.23. The quantitative estimate of drug-likeness (QED) is 0.203. The normalized spacial score (nSPS) is 10.7. The minimum Gasteiger partial charge on any atom is -0.423 e. The first-order valence-corrected chi connectivity index (χ1v) is 9.97. The van der Waals surface area contributed by atoms with Crippen molar-refractivity contribution < 1.29 is 22.5 Å². The second-order valence-electron chi connectivity index (χ2n) is 6.13. The van der Waals surface area contributed by atoms with Gasteiger partial charge in [-0.15, -0.1) is 0 Å². The van der Waals surface area contributed by atoms with Crippen LogP contribution in [0.3, 0.4) is 0 Å². The summed E-state index contributed by atoms with van der Waals surface area (Å²) in [7, 11) is -3.67. The molecule has 3 aromatic rings. The molecule has 0 saturated carbocycles.